The van der Waals surface area contributed by atoms with Gasteiger partial charge in [0.05, 0.1) is 26.0 Å². The standard InChI is InChI=1S/C22H11Cl2N3O7/c23-16-6-4-13(10-17(16)24)21-25-18(22(28)34-21)9-12-2-1-3-15(8-12)33-20-7-5-14(26(29)30)11-19(20)27(31)32/h1-11H/b18-9-. The Bertz CT molecular complexity index is 1420. The summed E-state index contributed by atoms with van der Waals surface area (Å²) in [6, 6.07) is 14.0. The number of rotatable bonds is 6. The molecule has 1 aliphatic heterocycles. The Morgan fingerprint density at radius 2 is 1.74 bits per heavy atom. The lowest BCUT2D eigenvalue weighted by atomic mass is 10.2. The van der Waals surface area contributed by atoms with Crippen LogP contribution < -0.4 is 4.74 Å². The van der Waals surface area contributed by atoms with Crippen LogP contribution in [-0.4, -0.2) is 21.7 Å². The minimum atomic E-state index is -0.776. The molecule has 170 valence electrons. The second-order valence-corrected chi connectivity index (χ2v) is 7.62. The van der Waals surface area contributed by atoms with Crippen LogP contribution in [0.3, 0.4) is 0 Å². The number of carbonyl (C=O) groups is 1. The predicted molar refractivity (Wildman–Crippen MR) is 123 cm³/mol. The van der Waals surface area contributed by atoms with Crippen molar-refractivity contribution in [2.45, 2.75) is 0 Å². The van der Waals surface area contributed by atoms with Crippen LogP contribution in [0.15, 0.2) is 71.4 Å². The van der Waals surface area contributed by atoms with Crippen LogP contribution in [0.5, 0.6) is 11.5 Å². The quantitative estimate of drug-likeness (QED) is 0.177. The molecule has 0 unspecified atom stereocenters. The van der Waals surface area contributed by atoms with Crippen LogP contribution in [0.1, 0.15) is 11.1 Å². The van der Waals surface area contributed by atoms with Gasteiger partial charge in [-0.15, -0.1) is 0 Å². The molecule has 34 heavy (non-hydrogen) atoms. The van der Waals surface area contributed by atoms with E-state index in [9.17, 15) is 25.0 Å². The van der Waals surface area contributed by atoms with Gasteiger partial charge in [0, 0.05) is 11.6 Å². The van der Waals surface area contributed by atoms with E-state index in [0.717, 1.165) is 18.2 Å². The summed E-state index contributed by atoms with van der Waals surface area (Å²) in [6.45, 7) is 0. The zero-order chi connectivity index (χ0) is 24.4. The number of esters is 1. The molecule has 1 heterocycles. The number of aliphatic imine (C=N–C) groups is 1. The zero-order valence-electron chi connectivity index (χ0n) is 16.8. The number of carbonyl (C=O) groups excluding carboxylic acids is 1. The highest BCUT2D eigenvalue weighted by atomic mass is 35.5. The van der Waals surface area contributed by atoms with Crippen molar-refractivity contribution in [3.05, 3.63) is 108 Å². The lowest BCUT2D eigenvalue weighted by Crippen LogP contribution is -2.05. The van der Waals surface area contributed by atoms with Crippen molar-refractivity contribution in [2.24, 2.45) is 4.99 Å². The second-order valence-electron chi connectivity index (χ2n) is 6.81. The highest BCUT2D eigenvalue weighted by Gasteiger charge is 2.25. The summed E-state index contributed by atoms with van der Waals surface area (Å²) in [5.74, 6) is -0.603. The van der Waals surface area contributed by atoms with Gasteiger partial charge in [0.15, 0.2) is 5.70 Å². The molecule has 0 radical (unpaired) electrons. The third-order valence-corrected chi connectivity index (χ3v) is 5.27. The Balaban J connectivity index is 1.61. The van der Waals surface area contributed by atoms with Crippen LogP contribution in [0.2, 0.25) is 10.0 Å². The first-order chi connectivity index (χ1) is 16.2. The molecule has 1 aliphatic rings. The van der Waals surface area contributed by atoms with Crippen molar-refractivity contribution in [2.75, 3.05) is 0 Å². The number of non-ortho nitro benzene ring substituents is 1. The number of nitro benzene ring substituents is 2. The summed E-state index contributed by atoms with van der Waals surface area (Å²) in [4.78, 5) is 37.2. The number of benzene rings is 3. The number of cyclic esters (lactones) is 1. The Kier molecular flexibility index (Phi) is 6.26. The largest absolute Gasteiger partial charge is 0.450 e. The molecule has 10 nitrogen and oxygen atoms in total. The molecule has 0 saturated heterocycles. The van der Waals surface area contributed by atoms with Crippen molar-refractivity contribution < 1.29 is 24.1 Å². The number of hydrogen-bond donors (Lipinski definition) is 0. The maximum absolute atomic E-state index is 12.3. The Labute approximate surface area is 201 Å². The first-order valence-corrected chi connectivity index (χ1v) is 10.2. The number of hydrogen-bond acceptors (Lipinski definition) is 8. The summed E-state index contributed by atoms with van der Waals surface area (Å²) in [6.07, 6.45) is 1.45. The fourth-order valence-corrected chi connectivity index (χ4v) is 3.26. The van der Waals surface area contributed by atoms with Gasteiger partial charge in [-0.2, -0.15) is 0 Å². The van der Waals surface area contributed by atoms with Crippen LogP contribution in [0.25, 0.3) is 6.08 Å². The van der Waals surface area contributed by atoms with E-state index in [1.54, 1.807) is 24.3 Å². The van der Waals surface area contributed by atoms with E-state index >= 15 is 0 Å². The monoisotopic (exact) mass is 499 g/mol. The van der Waals surface area contributed by atoms with Crippen molar-refractivity contribution in [1.29, 1.82) is 0 Å². The molecule has 0 bridgehead atoms. The highest BCUT2D eigenvalue weighted by molar-refractivity contribution is 6.42. The number of nitrogens with zero attached hydrogens (tertiary/aromatic N) is 3. The van der Waals surface area contributed by atoms with E-state index in [1.165, 1.54) is 24.3 Å². The molecular formula is C22H11Cl2N3O7. The smallest absolute Gasteiger partial charge is 0.363 e. The van der Waals surface area contributed by atoms with E-state index in [2.05, 4.69) is 4.99 Å². The molecule has 0 aromatic heterocycles. The third-order valence-electron chi connectivity index (χ3n) is 4.53. The molecule has 0 N–H and O–H groups in total. The van der Waals surface area contributed by atoms with E-state index < -0.39 is 27.2 Å². The Hall–Kier alpha value is -4.28. The van der Waals surface area contributed by atoms with Crippen LogP contribution in [0, 0.1) is 20.2 Å². The third kappa shape index (κ3) is 4.87. The summed E-state index contributed by atoms with van der Waals surface area (Å²) < 4.78 is 10.8. The average Bonchev–Trinajstić information content (AvgIpc) is 3.16. The molecule has 12 heteroatoms. The molecule has 3 aromatic rings. The normalized spacial score (nSPS) is 14.0. The summed E-state index contributed by atoms with van der Waals surface area (Å²) >= 11 is 11.9. The van der Waals surface area contributed by atoms with Crippen LogP contribution in [0.4, 0.5) is 11.4 Å². The Morgan fingerprint density at radius 1 is 0.941 bits per heavy atom. The molecule has 0 aliphatic carbocycles. The van der Waals surface area contributed by atoms with Gasteiger partial charge >= 0.3 is 11.7 Å². The lowest BCUT2D eigenvalue weighted by molar-refractivity contribution is -0.394. The number of ether oxygens (including phenoxy) is 2. The topological polar surface area (TPSA) is 134 Å². The van der Waals surface area contributed by atoms with Gasteiger partial charge in [-0.05, 0) is 48.0 Å². The van der Waals surface area contributed by atoms with E-state index in [1.807, 2.05) is 0 Å². The van der Waals surface area contributed by atoms with Gasteiger partial charge in [0.2, 0.25) is 11.6 Å². The van der Waals surface area contributed by atoms with Crippen molar-refractivity contribution in [3.8, 4) is 11.5 Å². The van der Waals surface area contributed by atoms with Crippen LogP contribution >= 0.6 is 23.2 Å². The molecule has 0 amide bonds. The summed E-state index contributed by atoms with van der Waals surface area (Å²) in [5.41, 5.74) is -0.0254. The minimum Gasteiger partial charge on any atom is -0.450 e. The van der Waals surface area contributed by atoms with Crippen LogP contribution in [-0.2, 0) is 9.53 Å². The van der Waals surface area contributed by atoms with Gasteiger partial charge in [0.25, 0.3) is 5.69 Å². The van der Waals surface area contributed by atoms with Gasteiger partial charge in [0.1, 0.15) is 5.75 Å². The molecule has 0 saturated carbocycles. The second kappa shape index (κ2) is 9.30. The van der Waals surface area contributed by atoms with Gasteiger partial charge in [-0.25, -0.2) is 9.79 Å². The predicted octanol–water partition coefficient (Wildman–Crippen LogP) is 5.95. The van der Waals surface area contributed by atoms with Crippen molar-refractivity contribution >= 4 is 52.5 Å². The molecular weight excluding hydrogens is 489 g/mol. The van der Waals surface area contributed by atoms with E-state index in [0.29, 0.717) is 16.1 Å². The molecule has 3 aromatic carbocycles. The van der Waals surface area contributed by atoms with E-state index in [-0.39, 0.29) is 28.1 Å². The van der Waals surface area contributed by atoms with Gasteiger partial charge < -0.3 is 9.47 Å². The number of halogens is 2. The maximum atomic E-state index is 12.3. The maximum Gasteiger partial charge on any atom is 0.363 e. The Morgan fingerprint density at radius 3 is 2.44 bits per heavy atom. The molecule has 0 spiro atoms. The van der Waals surface area contributed by atoms with Gasteiger partial charge in [-0.1, -0.05) is 35.3 Å². The number of nitro groups is 2. The lowest BCUT2D eigenvalue weighted by Gasteiger charge is -2.07. The fourth-order valence-electron chi connectivity index (χ4n) is 2.96. The SMILES string of the molecule is O=C1OC(c2ccc(Cl)c(Cl)c2)=N/C1=C\c1cccc(Oc2ccc([N+](=O)[O-])cc2[N+](=O)[O-])c1. The minimum absolute atomic E-state index is 0.0135. The molecule has 4 rings (SSSR count). The van der Waals surface area contributed by atoms with Crippen molar-refractivity contribution in [3.63, 3.8) is 0 Å². The molecule has 0 fully saturated rings. The van der Waals surface area contributed by atoms with Crippen molar-refractivity contribution in [1.82, 2.24) is 0 Å². The zero-order valence-corrected chi connectivity index (χ0v) is 18.3. The fraction of sp³-hybridized carbons (Fsp3) is 0. The first-order valence-electron chi connectivity index (χ1n) is 9.40. The summed E-state index contributed by atoms with van der Waals surface area (Å²) in [5, 5.41) is 22.8. The molecule has 0 atom stereocenters. The highest BCUT2D eigenvalue weighted by Crippen LogP contribution is 2.35. The first kappa shape index (κ1) is 22.9. The summed E-state index contributed by atoms with van der Waals surface area (Å²) in [7, 11) is 0. The van der Waals surface area contributed by atoms with E-state index in [4.69, 9.17) is 32.7 Å². The van der Waals surface area contributed by atoms with Gasteiger partial charge in [-0.3, -0.25) is 20.2 Å². The average molecular weight is 500 g/mol.